The molecule has 2 aromatic heterocycles. The van der Waals surface area contributed by atoms with E-state index in [4.69, 9.17) is 5.11 Å². The Morgan fingerprint density at radius 2 is 2.11 bits per heavy atom. The number of imidazole rings is 1. The van der Waals surface area contributed by atoms with Gasteiger partial charge in [0.25, 0.3) is 0 Å². The minimum Gasteiger partial charge on any atom is -0.481 e. The molecule has 0 radical (unpaired) electrons. The number of fused-ring (bicyclic) bond motifs is 1. The van der Waals surface area contributed by atoms with Gasteiger partial charge in [-0.3, -0.25) is 4.79 Å². The van der Waals surface area contributed by atoms with Crippen molar-refractivity contribution < 1.29 is 9.90 Å². The number of aromatic amines is 2. The van der Waals surface area contributed by atoms with Crippen molar-refractivity contribution >= 4 is 28.3 Å². The first kappa shape index (κ1) is 11.7. The highest BCUT2D eigenvalue weighted by atomic mass is 32.1. The molecular weight excluding hydrogens is 266 g/mol. The quantitative estimate of drug-likeness (QED) is 0.676. The Morgan fingerprint density at radius 3 is 2.89 bits per heavy atom. The van der Waals surface area contributed by atoms with E-state index in [9.17, 15) is 9.59 Å². The third-order valence-corrected chi connectivity index (χ3v) is 3.59. The number of carboxylic acid groups (broad SMARTS) is 1. The van der Waals surface area contributed by atoms with Crippen molar-refractivity contribution in [1.29, 1.82) is 0 Å². The van der Waals surface area contributed by atoms with Crippen molar-refractivity contribution in [3.05, 3.63) is 39.8 Å². The molecule has 19 heavy (non-hydrogen) atoms. The first-order valence-electron chi connectivity index (χ1n) is 5.50. The lowest BCUT2D eigenvalue weighted by molar-refractivity contribution is -0.136. The lowest BCUT2D eigenvalue weighted by atomic mass is 10.2. The molecule has 0 spiro atoms. The van der Waals surface area contributed by atoms with Crippen molar-refractivity contribution in [2.45, 2.75) is 6.42 Å². The molecular formula is C12H9N3O3S. The first-order valence-corrected chi connectivity index (χ1v) is 6.38. The van der Waals surface area contributed by atoms with Crippen LogP contribution in [0.25, 0.3) is 21.6 Å². The number of nitrogens with one attached hydrogen (secondary N) is 2. The SMILES string of the molecule is O=C(O)Cc1csc(-c2ccc3[nH]c(=O)[nH]c3c2)n1. The molecule has 0 saturated carbocycles. The fourth-order valence-corrected chi connectivity index (χ4v) is 2.66. The summed E-state index contributed by atoms with van der Waals surface area (Å²) in [6, 6.07) is 5.45. The predicted molar refractivity (Wildman–Crippen MR) is 71.4 cm³/mol. The summed E-state index contributed by atoms with van der Waals surface area (Å²) in [5.41, 5.74) is 2.57. The van der Waals surface area contributed by atoms with Crippen LogP contribution in [0.1, 0.15) is 5.69 Å². The van der Waals surface area contributed by atoms with E-state index < -0.39 is 5.97 Å². The van der Waals surface area contributed by atoms with E-state index in [1.54, 1.807) is 11.4 Å². The highest BCUT2D eigenvalue weighted by Gasteiger charge is 2.09. The number of hydrogen-bond donors (Lipinski definition) is 3. The largest absolute Gasteiger partial charge is 0.481 e. The maximum Gasteiger partial charge on any atom is 0.323 e. The summed E-state index contributed by atoms with van der Waals surface area (Å²) in [5.74, 6) is -0.901. The molecule has 0 unspecified atom stereocenters. The Balaban J connectivity index is 2.01. The highest BCUT2D eigenvalue weighted by Crippen LogP contribution is 2.25. The molecule has 0 amide bonds. The van der Waals surface area contributed by atoms with Crippen LogP contribution in [0.2, 0.25) is 0 Å². The maximum atomic E-state index is 11.2. The van der Waals surface area contributed by atoms with Crippen LogP contribution in [-0.4, -0.2) is 26.0 Å². The normalized spacial score (nSPS) is 10.9. The Labute approximate surface area is 110 Å². The number of thiazole rings is 1. The molecule has 6 nitrogen and oxygen atoms in total. The van der Waals surface area contributed by atoms with Gasteiger partial charge >= 0.3 is 11.7 Å². The van der Waals surface area contributed by atoms with E-state index in [2.05, 4.69) is 15.0 Å². The average Bonchev–Trinajstić information content (AvgIpc) is 2.92. The van der Waals surface area contributed by atoms with Crippen LogP contribution >= 0.6 is 11.3 Å². The Morgan fingerprint density at radius 1 is 1.32 bits per heavy atom. The number of carbonyl (C=O) groups is 1. The molecule has 0 bridgehead atoms. The number of nitrogens with zero attached hydrogens (tertiary/aromatic N) is 1. The van der Waals surface area contributed by atoms with E-state index in [1.807, 2.05) is 12.1 Å². The zero-order chi connectivity index (χ0) is 13.4. The fraction of sp³-hybridized carbons (Fsp3) is 0.0833. The second-order valence-corrected chi connectivity index (χ2v) is 4.91. The average molecular weight is 275 g/mol. The second-order valence-electron chi connectivity index (χ2n) is 4.05. The summed E-state index contributed by atoms with van der Waals surface area (Å²) < 4.78 is 0. The Hall–Kier alpha value is -2.41. The number of benzene rings is 1. The summed E-state index contributed by atoms with van der Waals surface area (Å²) in [5, 5.41) is 11.2. The standard InChI is InChI=1S/C12H9N3O3S/c16-10(17)4-7-5-19-11(13-7)6-1-2-8-9(3-6)15-12(18)14-8/h1-3,5H,4H2,(H,16,17)(H2,14,15,18). The molecule has 7 heteroatoms. The van der Waals surface area contributed by atoms with Crippen LogP contribution in [0.15, 0.2) is 28.4 Å². The molecule has 3 rings (SSSR count). The number of H-pyrrole nitrogens is 2. The predicted octanol–water partition coefficient (Wildman–Crippen LogP) is 1.61. The maximum absolute atomic E-state index is 11.2. The van der Waals surface area contributed by atoms with E-state index in [0.29, 0.717) is 11.2 Å². The van der Waals surface area contributed by atoms with Crippen molar-refractivity contribution in [2.75, 3.05) is 0 Å². The number of hydrogen-bond acceptors (Lipinski definition) is 4. The van der Waals surface area contributed by atoms with E-state index in [1.165, 1.54) is 11.3 Å². The molecule has 0 aliphatic rings. The molecule has 0 aliphatic heterocycles. The highest BCUT2D eigenvalue weighted by molar-refractivity contribution is 7.13. The molecule has 3 N–H and O–H groups in total. The lowest BCUT2D eigenvalue weighted by Crippen LogP contribution is -1.99. The van der Waals surface area contributed by atoms with Gasteiger partial charge in [0, 0.05) is 10.9 Å². The van der Waals surface area contributed by atoms with Crippen LogP contribution in [0.5, 0.6) is 0 Å². The van der Waals surface area contributed by atoms with Crippen molar-refractivity contribution in [1.82, 2.24) is 15.0 Å². The third kappa shape index (κ3) is 2.27. The van der Waals surface area contributed by atoms with Gasteiger partial charge in [0.15, 0.2) is 0 Å². The van der Waals surface area contributed by atoms with Crippen LogP contribution in [0.3, 0.4) is 0 Å². The van der Waals surface area contributed by atoms with Gasteiger partial charge in [-0.2, -0.15) is 0 Å². The summed E-state index contributed by atoms with van der Waals surface area (Å²) in [6.45, 7) is 0. The van der Waals surface area contributed by atoms with Crippen molar-refractivity contribution in [3.8, 4) is 10.6 Å². The van der Waals surface area contributed by atoms with Crippen LogP contribution in [-0.2, 0) is 11.2 Å². The number of aromatic nitrogens is 3. The molecule has 0 atom stereocenters. The van der Waals surface area contributed by atoms with Gasteiger partial charge in [0.05, 0.1) is 23.1 Å². The first-order chi connectivity index (χ1) is 9.11. The topological polar surface area (TPSA) is 98.8 Å². The smallest absolute Gasteiger partial charge is 0.323 e. The van der Waals surface area contributed by atoms with Gasteiger partial charge in [-0.15, -0.1) is 11.3 Å². The zero-order valence-corrected chi connectivity index (χ0v) is 10.5. The van der Waals surface area contributed by atoms with Gasteiger partial charge in [0.2, 0.25) is 0 Å². The molecule has 0 saturated heterocycles. The van der Waals surface area contributed by atoms with Crippen molar-refractivity contribution in [2.24, 2.45) is 0 Å². The lowest BCUT2D eigenvalue weighted by Gasteiger charge is -1.96. The monoisotopic (exact) mass is 275 g/mol. The molecule has 1 aromatic carbocycles. The van der Waals surface area contributed by atoms with Gasteiger partial charge in [-0.05, 0) is 18.2 Å². The molecule has 3 aromatic rings. The Bertz CT molecular complexity index is 815. The zero-order valence-electron chi connectivity index (χ0n) is 9.64. The fourth-order valence-electron chi connectivity index (χ4n) is 1.84. The molecule has 0 aliphatic carbocycles. The Kier molecular flexibility index (Phi) is 2.68. The van der Waals surface area contributed by atoms with Gasteiger partial charge in [0.1, 0.15) is 5.01 Å². The van der Waals surface area contributed by atoms with Crippen LogP contribution < -0.4 is 5.69 Å². The minimum absolute atomic E-state index is 0.0836. The second kappa shape index (κ2) is 4.36. The number of aliphatic carboxylic acids is 1. The van der Waals surface area contributed by atoms with Crippen LogP contribution in [0.4, 0.5) is 0 Å². The molecule has 96 valence electrons. The van der Waals surface area contributed by atoms with E-state index in [-0.39, 0.29) is 12.1 Å². The van der Waals surface area contributed by atoms with Crippen LogP contribution in [0, 0.1) is 0 Å². The number of rotatable bonds is 3. The van der Waals surface area contributed by atoms with Gasteiger partial charge in [-0.25, -0.2) is 9.78 Å². The van der Waals surface area contributed by atoms with Gasteiger partial charge < -0.3 is 15.1 Å². The summed E-state index contributed by atoms with van der Waals surface area (Å²) in [7, 11) is 0. The summed E-state index contributed by atoms with van der Waals surface area (Å²) in [6.07, 6.45) is -0.0836. The minimum atomic E-state index is -0.901. The third-order valence-electron chi connectivity index (χ3n) is 2.65. The number of carboxylic acids is 1. The van der Waals surface area contributed by atoms with E-state index in [0.717, 1.165) is 16.1 Å². The summed E-state index contributed by atoms with van der Waals surface area (Å²) >= 11 is 1.38. The van der Waals surface area contributed by atoms with Crippen molar-refractivity contribution in [3.63, 3.8) is 0 Å². The van der Waals surface area contributed by atoms with E-state index >= 15 is 0 Å². The van der Waals surface area contributed by atoms with Gasteiger partial charge in [-0.1, -0.05) is 0 Å². The summed E-state index contributed by atoms with van der Waals surface area (Å²) in [4.78, 5) is 31.4. The molecule has 0 fully saturated rings. The molecule has 2 heterocycles.